The summed E-state index contributed by atoms with van der Waals surface area (Å²) in [5, 5.41) is 13.1. The zero-order chi connectivity index (χ0) is 15.5. The molecular weight excluding hydrogens is 276 g/mol. The summed E-state index contributed by atoms with van der Waals surface area (Å²) in [6, 6.07) is 8.41. The molecule has 1 saturated carbocycles. The van der Waals surface area contributed by atoms with Crippen LogP contribution in [0.2, 0.25) is 0 Å². The van der Waals surface area contributed by atoms with E-state index in [1.165, 1.54) is 11.1 Å². The van der Waals surface area contributed by atoms with Crippen LogP contribution in [0.1, 0.15) is 42.7 Å². The number of nitrogens with zero attached hydrogens (tertiary/aromatic N) is 1. The SMILES string of the molecule is CN(CC1CCCCC1O)C(=O)NCC1Cc2ccccc21. The molecule has 120 valence electrons. The average molecular weight is 302 g/mol. The van der Waals surface area contributed by atoms with Crippen LogP contribution in [0.15, 0.2) is 24.3 Å². The van der Waals surface area contributed by atoms with Gasteiger partial charge in [-0.15, -0.1) is 0 Å². The number of benzene rings is 1. The Labute approximate surface area is 132 Å². The second-order valence-electron chi connectivity index (χ2n) is 6.78. The van der Waals surface area contributed by atoms with Crippen molar-refractivity contribution in [3.63, 3.8) is 0 Å². The van der Waals surface area contributed by atoms with Gasteiger partial charge >= 0.3 is 6.03 Å². The summed E-state index contributed by atoms with van der Waals surface area (Å²) in [6.07, 6.45) is 4.97. The first-order valence-electron chi connectivity index (χ1n) is 8.40. The van der Waals surface area contributed by atoms with Gasteiger partial charge in [0.25, 0.3) is 0 Å². The Morgan fingerprint density at radius 3 is 2.86 bits per heavy atom. The number of amides is 2. The van der Waals surface area contributed by atoms with Crippen LogP contribution in [-0.4, -0.2) is 42.3 Å². The topological polar surface area (TPSA) is 52.6 Å². The molecule has 2 aliphatic carbocycles. The molecule has 3 unspecified atom stereocenters. The molecule has 0 radical (unpaired) electrons. The van der Waals surface area contributed by atoms with Crippen molar-refractivity contribution in [2.45, 2.75) is 44.1 Å². The molecule has 0 heterocycles. The van der Waals surface area contributed by atoms with Crippen LogP contribution in [0, 0.1) is 5.92 Å². The summed E-state index contributed by atoms with van der Waals surface area (Å²) in [6.45, 7) is 1.35. The van der Waals surface area contributed by atoms with Crippen LogP contribution in [0.5, 0.6) is 0 Å². The fraction of sp³-hybridized carbons (Fsp3) is 0.611. The summed E-state index contributed by atoms with van der Waals surface area (Å²) in [4.78, 5) is 13.9. The van der Waals surface area contributed by atoms with Crippen LogP contribution < -0.4 is 5.32 Å². The minimum absolute atomic E-state index is 0.0258. The molecule has 0 spiro atoms. The van der Waals surface area contributed by atoms with E-state index in [1.807, 2.05) is 7.05 Å². The largest absolute Gasteiger partial charge is 0.393 e. The van der Waals surface area contributed by atoms with Crippen molar-refractivity contribution in [3.05, 3.63) is 35.4 Å². The van der Waals surface area contributed by atoms with E-state index in [-0.39, 0.29) is 18.1 Å². The summed E-state index contributed by atoms with van der Waals surface area (Å²) in [5.41, 5.74) is 2.77. The number of urea groups is 1. The fourth-order valence-corrected chi connectivity index (χ4v) is 3.73. The Morgan fingerprint density at radius 1 is 1.32 bits per heavy atom. The van der Waals surface area contributed by atoms with Crippen LogP contribution in [0.4, 0.5) is 4.79 Å². The van der Waals surface area contributed by atoms with E-state index in [9.17, 15) is 9.90 Å². The molecule has 2 aliphatic rings. The van der Waals surface area contributed by atoms with Crippen molar-refractivity contribution < 1.29 is 9.90 Å². The molecule has 0 bridgehead atoms. The van der Waals surface area contributed by atoms with Gasteiger partial charge in [-0.1, -0.05) is 37.1 Å². The van der Waals surface area contributed by atoms with Crippen molar-refractivity contribution in [1.82, 2.24) is 10.2 Å². The smallest absolute Gasteiger partial charge is 0.317 e. The van der Waals surface area contributed by atoms with E-state index in [0.29, 0.717) is 19.0 Å². The zero-order valence-electron chi connectivity index (χ0n) is 13.3. The fourth-order valence-electron chi connectivity index (χ4n) is 3.73. The van der Waals surface area contributed by atoms with Gasteiger partial charge < -0.3 is 15.3 Å². The Bertz CT molecular complexity index is 532. The highest BCUT2D eigenvalue weighted by Crippen LogP contribution is 2.34. The van der Waals surface area contributed by atoms with E-state index >= 15 is 0 Å². The normalized spacial score (nSPS) is 26.7. The van der Waals surface area contributed by atoms with Crippen molar-refractivity contribution in [2.75, 3.05) is 20.1 Å². The van der Waals surface area contributed by atoms with E-state index < -0.39 is 0 Å². The third-order valence-corrected chi connectivity index (χ3v) is 5.18. The molecule has 3 atom stereocenters. The number of fused-ring (bicyclic) bond motifs is 1. The summed E-state index contributed by atoms with van der Waals surface area (Å²) >= 11 is 0. The third-order valence-electron chi connectivity index (χ3n) is 5.18. The Morgan fingerprint density at radius 2 is 2.09 bits per heavy atom. The van der Waals surface area contributed by atoms with Crippen molar-refractivity contribution in [1.29, 1.82) is 0 Å². The number of carbonyl (C=O) groups excluding carboxylic acids is 1. The second kappa shape index (κ2) is 6.69. The van der Waals surface area contributed by atoms with Gasteiger partial charge in [-0.3, -0.25) is 0 Å². The molecule has 1 aromatic carbocycles. The maximum absolute atomic E-state index is 12.2. The quantitative estimate of drug-likeness (QED) is 0.898. The van der Waals surface area contributed by atoms with Crippen LogP contribution >= 0.6 is 0 Å². The highest BCUT2D eigenvalue weighted by molar-refractivity contribution is 5.74. The Balaban J connectivity index is 1.44. The number of hydrogen-bond donors (Lipinski definition) is 2. The first-order valence-corrected chi connectivity index (χ1v) is 8.40. The molecule has 1 fully saturated rings. The average Bonchev–Trinajstić information content (AvgIpc) is 2.50. The van der Waals surface area contributed by atoms with Gasteiger partial charge in [-0.25, -0.2) is 4.79 Å². The van der Waals surface area contributed by atoms with Crippen molar-refractivity contribution >= 4 is 6.03 Å². The monoisotopic (exact) mass is 302 g/mol. The van der Waals surface area contributed by atoms with Gasteiger partial charge in [-0.05, 0) is 30.4 Å². The minimum Gasteiger partial charge on any atom is -0.393 e. The Kier molecular flexibility index (Phi) is 4.67. The molecule has 22 heavy (non-hydrogen) atoms. The molecule has 0 aliphatic heterocycles. The number of rotatable bonds is 4. The first-order chi connectivity index (χ1) is 10.6. The molecule has 4 nitrogen and oxygen atoms in total. The summed E-state index contributed by atoms with van der Waals surface area (Å²) in [5.74, 6) is 0.683. The van der Waals surface area contributed by atoms with Gasteiger partial charge in [0.1, 0.15) is 0 Å². The molecule has 1 aromatic rings. The van der Waals surface area contributed by atoms with Gasteiger partial charge in [0.2, 0.25) is 0 Å². The number of hydrogen-bond acceptors (Lipinski definition) is 2. The van der Waals surface area contributed by atoms with Gasteiger partial charge in [0.05, 0.1) is 6.10 Å². The lowest BCUT2D eigenvalue weighted by molar-refractivity contribution is 0.0565. The van der Waals surface area contributed by atoms with Crippen molar-refractivity contribution in [3.8, 4) is 0 Å². The molecule has 0 aromatic heterocycles. The molecule has 4 heteroatoms. The molecule has 2 N–H and O–H groups in total. The lowest BCUT2D eigenvalue weighted by atomic mass is 9.78. The highest BCUT2D eigenvalue weighted by Gasteiger charge is 2.28. The molecule has 0 saturated heterocycles. The van der Waals surface area contributed by atoms with Gasteiger partial charge in [0.15, 0.2) is 0 Å². The number of carbonyl (C=O) groups is 1. The number of aliphatic hydroxyl groups is 1. The molecule has 2 amide bonds. The molecule has 3 rings (SSSR count). The first kappa shape index (κ1) is 15.3. The van der Waals surface area contributed by atoms with E-state index in [2.05, 4.69) is 29.6 Å². The number of aliphatic hydroxyl groups excluding tert-OH is 1. The van der Waals surface area contributed by atoms with Crippen LogP contribution in [0.3, 0.4) is 0 Å². The third kappa shape index (κ3) is 3.27. The second-order valence-corrected chi connectivity index (χ2v) is 6.78. The summed E-state index contributed by atoms with van der Waals surface area (Å²) < 4.78 is 0. The highest BCUT2D eigenvalue weighted by atomic mass is 16.3. The lowest BCUT2D eigenvalue weighted by Gasteiger charge is -2.33. The van der Waals surface area contributed by atoms with Crippen LogP contribution in [-0.2, 0) is 6.42 Å². The van der Waals surface area contributed by atoms with Crippen molar-refractivity contribution in [2.24, 2.45) is 5.92 Å². The minimum atomic E-state index is -0.248. The standard InChI is InChI=1S/C18H26N2O2/c1-20(12-14-7-3-5-9-17(14)21)18(22)19-11-15-10-13-6-2-4-8-16(13)15/h2,4,6,8,14-15,17,21H,3,5,7,9-12H2,1H3,(H,19,22). The Hall–Kier alpha value is -1.55. The van der Waals surface area contributed by atoms with Gasteiger partial charge in [0, 0.05) is 32.0 Å². The predicted molar refractivity (Wildman–Crippen MR) is 86.9 cm³/mol. The summed E-state index contributed by atoms with van der Waals surface area (Å²) in [7, 11) is 1.82. The number of nitrogens with one attached hydrogen (secondary N) is 1. The van der Waals surface area contributed by atoms with Crippen LogP contribution in [0.25, 0.3) is 0 Å². The predicted octanol–water partition coefficient (Wildman–Crippen LogP) is 2.52. The van der Waals surface area contributed by atoms with E-state index in [4.69, 9.17) is 0 Å². The lowest BCUT2D eigenvalue weighted by Crippen LogP contribution is -2.44. The zero-order valence-corrected chi connectivity index (χ0v) is 13.3. The maximum Gasteiger partial charge on any atom is 0.317 e. The molecular formula is C18H26N2O2. The van der Waals surface area contributed by atoms with E-state index in [1.54, 1.807) is 4.90 Å². The maximum atomic E-state index is 12.2. The van der Waals surface area contributed by atoms with E-state index in [0.717, 1.165) is 32.1 Å². The van der Waals surface area contributed by atoms with Gasteiger partial charge in [-0.2, -0.15) is 0 Å².